The first-order valence-corrected chi connectivity index (χ1v) is 5.16. The normalized spacial score (nSPS) is 25.6. The summed E-state index contributed by atoms with van der Waals surface area (Å²) in [6.07, 6.45) is 3.64. The van der Waals surface area contributed by atoms with Crippen molar-refractivity contribution >= 4 is 5.97 Å². The second kappa shape index (κ2) is 4.09. The van der Waals surface area contributed by atoms with E-state index in [4.69, 9.17) is 9.47 Å². The van der Waals surface area contributed by atoms with Crippen molar-refractivity contribution in [2.24, 2.45) is 5.92 Å². The van der Waals surface area contributed by atoms with Crippen molar-refractivity contribution in [1.29, 1.82) is 0 Å². The average molecular weight is 210 g/mol. The summed E-state index contributed by atoms with van der Waals surface area (Å²) in [5.41, 5.74) is 0.520. The van der Waals surface area contributed by atoms with E-state index in [1.165, 1.54) is 0 Å². The molecular formula is C12H18O3. The first-order chi connectivity index (χ1) is 6.85. The molecule has 0 saturated carbocycles. The van der Waals surface area contributed by atoms with Gasteiger partial charge in [0.05, 0.1) is 5.57 Å². The van der Waals surface area contributed by atoms with Gasteiger partial charge in [-0.2, -0.15) is 0 Å². The van der Waals surface area contributed by atoms with Crippen molar-refractivity contribution in [3.05, 3.63) is 23.5 Å². The molecule has 1 heterocycles. The van der Waals surface area contributed by atoms with E-state index in [1.54, 1.807) is 19.9 Å². The van der Waals surface area contributed by atoms with Crippen LogP contribution in [-0.4, -0.2) is 11.8 Å². The summed E-state index contributed by atoms with van der Waals surface area (Å²) >= 11 is 0. The highest BCUT2D eigenvalue weighted by Crippen LogP contribution is 2.30. The zero-order chi connectivity index (χ0) is 11.6. The highest BCUT2D eigenvalue weighted by atomic mass is 16.7. The van der Waals surface area contributed by atoms with Crippen LogP contribution < -0.4 is 0 Å². The smallest absolute Gasteiger partial charge is 0.344 e. The molecule has 3 heteroatoms. The third-order valence-electron chi connectivity index (χ3n) is 1.94. The van der Waals surface area contributed by atoms with Crippen molar-refractivity contribution in [2.75, 3.05) is 0 Å². The van der Waals surface area contributed by atoms with Crippen molar-refractivity contribution < 1.29 is 14.3 Å². The molecule has 0 aromatic heterocycles. The number of ether oxygens (including phenoxy) is 2. The Morgan fingerprint density at radius 1 is 1.27 bits per heavy atom. The zero-order valence-electron chi connectivity index (χ0n) is 9.96. The summed E-state index contributed by atoms with van der Waals surface area (Å²) in [7, 11) is 0. The van der Waals surface area contributed by atoms with E-state index in [0.29, 0.717) is 11.3 Å². The van der Waals surface area contributed by atoms with Crippen LogP contribution in [0, 0.1) is 5.92 Å². The van der Waals surface area contributed by atoms with Gasteiger partial charge in [0.2, 0.25) is 5.79 Å². The van der Waals surface area contributed by atoms with Crippen LogP contribution >= 0.6 is 0 Å². The largest absolute Gasteiger partial charge is 0.452 e. The molecule has 15 heavy (non-hydrogen) atoms. The van der Waals surface area contributed by atoms with Gasteiger partial charge in [-0.3, -0.25) is 0 Å². The topological polar surface area (TPSA) is 35.5 Å². The molecule has 0 spiro atoms. The van der Waals surface area contributed by atoms with Crippen molar-refractivity contribution in [1.82, 2.24) is 0 Å². The zero-order valence-corrected chi connectivity index (χ0v) is 9.96. The molecule has 1 saturated heterocycles. The van der Waals surface area contributed by atoms with Crippen LogP contribution in [0.15, 0.2) is 23.5 Å². The summed E-state index contributed by atoms with van der Waals surface area (Å²) < 4.78 is 10.7. The van der Waals surface area contributed by atoms with Gasteiger partial charge < -0.3 is 9.47 Å². The van der Waals surface area contributed by atoms with E-state index in [1.807, 2.05) is 26.8 Å². The maximum absolute atomic E-state index is 11.7. The van der Waals surface area contributed by atoms with E-state index in [9.17, 15) is 4.79 Å². The molecule has 0 atom stereocenters. The summed E-state index contributed by atoms with van der Waals surface area (Å²) in [5.74, 6) is -0.293. The molecule has 0 aromatic rings. The van der Waals surface area contributed by atoms with Crippen LogP contribution in [0.2, 0.25) is 0 Å². The fourth-order valence-electron chi connectivity index (χ4n) is 1.42. The monoisotopic (exact) mass is 210 g/mol. The predicted molar refractivity (Wildman–Crippen MR) is 57.9 cm³/mol. The molecule has 0 aromatic carbocycles. The molecule has 1 aliphatic rings. The highest BCUT2D eigenvalue weighted by Gasteiger charge is 2.35. The molecule has 0 N–H and O–H groups in total. The number of hydrogen-bond acceptors (Lipinski definition) is 3. The predicted octanol–water partition coefficient (Wildman–Crippen LogP) is 2.78. The van der Waals surface area contributed by atoms with Crippen molar-refractivity contribution in [3.63, 3.8) is 0 Å². The molecule has 0 unspecified atom stereocenters. The Morgan fingerprint density at radius 2 is 1.87 bits per heavy atom. The SMILES string of the molecule is C/C=C1\OC(C)(C)OC(=O)\C1=C/C(C)C. The Labute approximate surface area is 90.8 Å². The Balaban J connectivity index is 3.04. The number of cyclic esters (lactones) is 1. The lowest BCUT2D eigenvalue weighted by molar-refractivity contribution is -0.208. The third kappa shape index (κ3) is 2.85. The maximum Gasteiger partial charge on any atom is 0.344 e. The summed E-state index contributed by atoms with van der Waals surface area (Å²) in [4.78, 5) is 11.7. The summed E-state index contributed by atoms with van der Waals surface area (Å²) in [6, 6.07) is 0. The maximum atomic E-state index is 11.7. The second-order valence-electron chi connectivity index (χ2n) is 4.37. The van der Waals surface area contributed by atoms with Crippen LogP contribution in [-0.2, 0) is 14.3 Å². The lowest BCUT2D eigenvalue weighted by atomic mass is 10.1. The highest BCUT2D eigenvalue weighted by molar-refractivity contribution is 5.93. The van der Waals surface area contributed by atoms with E-state index >= 15 is 0 Å². The van der Waals surface area contributed by atoms with Crippen LogP contribution in [0.5, 0.6) is 0 Å². The van der Waals surface area contributed by atoms with Gasteiger partial charge >= 0.3 is 5.97 Å². The van der Waals surface area contributed by atoms with E-state index in [-0.39, 0.29) is 11.9 Å². The fraction of sp³-hybridized carbons (Fsp3) is 0.583. The molecule has 1 fully saturated rings. The minimum absolute atomic E-state index is 0.285. The van der Waals surface area contributed by atoms with Crippen LogP contribution in [0.25, 0.3) is 0 Å². The number of carbonyl (C=O) groups is 1. The lowest BCUT2D eigenvalue weighted by Crippen LogP contribution is -2.37. The molecule has 84 valence electrons. The van der Waals surface area contributed by atoms with Crippen LogP contribution in [0.4, 0.5) is 0 Å². The second-order valence-corrected chi connectivity index (χ2v) is 4.37. The first-order valence-electron chi connectivity index (χ1n) is 5.16. The van der Waals surface area contributed by atoms with Crippen molar-refractivity contribution in [3.8, 4) is 0 Å². The molecule has 1 rings (SSSR count). The quantitative estimate of drug-likeness (QED) is 0.493. The van der Waals surface area contributed by atoms with Gasteiger partial charge in [-0.05, 0) is 18.9 Å². The minimum Gasteiger partial charge on any atom is -0.452 e. The van der Waals surface area contributed by atoms with E-state index in [0.717, 1.165) is 0 Å². The number of esters is 1. The van der Waals surface area contributed by atoms with Crippen LogP contribution in [0.1, 0.15) is 34.6 Å². The van der Waals surface area contributed by atoms with Gasteiger partial charge in [-0.15, -0.1) is 0 Å². The average Bonchev–Trinajstić information content (AvgIpc) is 2.08. The van der Waals surface area contributed by atoms with E-state index in [2.05, 4.69) is 0 Å². The molecule has 0 aliphatic carbocycles. The molecule has 3 nitrogen and oxygen atoms in total. The van der Waals surface area contributed by atoms with Gasteiger partial charge in [0, 0.05) is 13.8 Å². The number of allylic oxidation sites excluding steroid dienone is 2. The van der Waals surface area contributed by atoms with Crippen molar-refractivity contribution in [2.45, 2.75) is 40.4 Å². The van der Waals surface area contributed by atoms with E-state index < -0.39 is 5.79 Å². The minimum atomic E-state index is -0.868. The number of hydrogen-bond donors (Lipinski definition) is 0. The Hall–Kier alpha value is -1.25. The Bertz CT molecular complexity index is 322. The molecule has 0 amide bonds. The molecule has 1 aliphatic heterocycles. The number of rotatable bonds is 1. The fourth-order valence-corrected chi connectivity index (χ4v) is 1.42. The van der Waals surface area contributed by atoms with Crippen LogP contribution in [0.3, 0.4) is 0 Å². The summed E-state index contributed by atoms with van der Waals surface area (Å²) in [6.45, 7) is 9.31. The summed E-state index contributed by atoms with van der Waals surface area (Å²) in [5, 5.41) is 0. The molecule has 0 bridgehead atoms. The van der Waals surface area contributed by atoms with Gasteiger partial charge in [0.15, 0.2) is 0 Å². The Morgan fingerprint density at radius 3 is 2.33 bits per heavy atom. The Kier molecular flexibility index (Phi) is 3.22. The standard InChI is InChI=1S/C12H18O3/c1-6-10-9(7-8(2)3)11(13)15-12(4,5)14-10/h6-8H,1-5H3/b9-7-,10-6-. The lowest BCUT2D eigenvalue weighted by Gasteiger charge is -2.33. The first kappa shape index (κ1) is 11.8. The molecular weight excluding hydrogens is 192 g/mol. The van der Waals surface area contributed by atoms with Gasteiger partial charge in [0.1, 0.15) is 5.76 Å². The van der Waals surface area contributed by atoms with Gasteiger partial charge in [0.25, 0.3) is 0 Å². The molecule has 0 radical (unpaired) electrons. The van der Waals surface area contributed by atoms with Gasteiger partial charge in [-0.1, -0.05) is 19.9 Å². The van der Waals surface area contributed by atoms with Gasteiger partial charge in [-0.25, -0.2) is 4.79 Å². The third-order valence-corrected chi connectivity index (χ3v) is 1.94. The number of carbonyl (C=O) groups excluding carboxylic acids is 1.